The predicted molar refractivity (Wildman–Crippen MR) is 319 cm³/mol. The molecule has 4 bridgehead atoms. The quantitative estimate of drug-likeness (QED) is 0.108. The first-order chi connectivity index (χ1) is 39.3. The fraction of sp³-hybridized carbons (Fsp3) is 0.324. The maximum Gasteiger partial charge on any atom is 0.233 e. The Balaban J connectivity index is 0.000000162. The molecule has 13 heteroatoms. The molecule has 2 amide bonds. The first-order valence-electron chi connectivity index (χ1n) is 28.3. The molecule has 1 fully saturated rings. The van der Waals surface area contributed by atoms with Gasteiger partial charge in [-0.15, -0.1) is 22.7 Å². The van der Waals surface area contributed by atoms with Crippen molar-refractivity contribution < 1.29 is 19.1 Å². The zero-order valence-electron chi connectivity index (χ0n) is 46.2. The van der Waals surface area contributed by atoms with Gasteiger partial charge in [-0.25, -0.2) is 9.97 Å². The molecule has 2 aromatic heterocycles. The number of piperidine rings is 1. The molecule has 8 aromatic rings. The highest BCUT2D eigenvalue weighted by Gasteiger charge is 2.62. The van der Waals surface area contributed by atoms with Crippen LogP contribution < -0.4 is 20.1 Å². The van der Waals surface area contributed by atoms with Crippen LogP contribution in [-0.2, 0) is 33.3 Å². The summed E-state index contributed by atoms with van der Waals surface area (Å²) in [6.45, 7) is 12.1. The molecule has 7 aliphatic rings. The molecule has 2 unspecified atom stereocenters. The first kappa shape index (κ1) is 53.7. The third-order valence-electron chi connectivity index (χ3n) is 17.5. The van der Waals surface area contributed by atoms with E-state index in [0.29, 0.717) is 42.6 Å². The fourth-order valence-corrected chi connectivity index (χ4v) is 15.3. The van der Waals surface area contributed by atoms with Gasteiger partial charge >= 0.3 is 0 Å². The summed E-state index contributed by atoms with van der Waals surface area (Å²) in [6, 6.07) is 54.1. The number of thiazole rings is 2. The van der Waals surface area contributed by atoms with Gasteiger partial charge in [0.1, 0.15) is 28.9 Å². The van der Waals surface area contributed by atoms with Crippen LogP contribution in [0.4, 0.5) is 10.3 Å². The van der Waals surface area contributed by atoms with E-state index in [2.05, 4.69) is 76.2 Å². The number of aromatic nitrogens is 2. The average Bonchev–Trinajstić information content (AvgIpc) is 3.75. The van der Waals surface area contributed by atoms with E-state index in [4.69, 9.17) is 19.4 Å². The minimum atomic E-state index is -0.856. The van der Waals surface area contributed by atoms with Crippen LogP contribution in [0.15, 0.2) is 156 Å². The minimum Gasteiger partial charge on any atom is -0.492 e. The van der Waals surface area contributed by atoms with Crippen LogP contribution in [-0.4, -0.2) is 59.0 Å². The monoisotopic (exact) mass is 1110 g/mol. The smallest absolute Gasteiger partial charge is 0.233 e. The van der Waals surface area contributed by atoms with Crippen LogP contribution in [0.5, 0.6) is 11.5 Å². The van der Waals surface area contributed by atoms with Gasteiger partial charge < -0.3 is 20.1 Å². The Labute approximate surface area is 482 Å². The Morgan fingerprint density at radius 1 is 0.593 bits per heavy atom. The van der Waals surface area contributed by atoms with E-state index in [9.17, 15) is 20.1 Å². The lowest BCUT2D eigenvalue weighted by Gasteiger charge is -2.54. The molecular formula is C68H65N7O4S2. The summed E-state index contributed by atoms with van der Waals surface area (Å²) in [5.41, 5.74) is 9.19. The Hall–Kier alpha value is -7.94. The van der Waals surface area contributed by atoms with Gasteiger partial charge in [-0.05, 0) is 146 Å². The molecule has 1 aliphatic heterocycles. The summed E-state index contributed by atoms with van der Waals surface area (Å²) in [6.07, 6.45) is 6.29. The lowest BCUT2D eigenvalue weighted by atomic mass is 9.47. The van der Waals surface area contributed by atoms with Gasteiger partial charge in [0, 0.05) is 42.0 Å². The average molecular weight is 1110 g/mol. The Morgan fingerprint density at radius 2 is 0.988 bits per heavy atom. The summed E-state index contributed by atoms with van der Waals surface area (Å²) in [5.74, 6) is 1.30. The molecule has 2 atom stereocenters. The number of ether oxygens (including phenoxy) is 2. The van der Waals surface area contributed by atoms with Crippen LogP contribution in [0.1, 0.15) is 139 Å². The summed E-state index contributed by atoms with van der Waals surface area (Å²) >= 11 is 2.88. The number of amides is 2. The second-order valence-corrected chi connectivity index (χ2v) is 24.9. The number of nitriles is 2. The second-order valence-electron chi connectivity index (χ2n) is 23.2. The lowest BCUT2D eigenvalue weighted by molar-refractivity contribution is -0.128. The number of hydrogen-bond acceptors (Lipinski definition) is 11. The van der Waals surface area contributed by atoms with Crippen LogP contribution >= 0.6 is 22.7 Å². The van der Waals surface area contributed by atoms with Crippen molar-refractivity contribution in [1.29, 1.82) is 10.5 Å². The number of fused-ring (bicyclic) bond motifs is 2. The molecule has 408 valence electrons. The number of rotatable bonds is 14. The van der Waals surface area contributed by atoms with Crippen LogP contribution in [0.25, 0.3) is 0 Å². The largest absolute Gasteiger partial charge is 0.492 e. The van der Waals surface area contributed by atoms with Crippen molar-refractivity contribution >= 4 is 44.8 Å². The second kappa shape index (κ2) is 21.8. The summed E-state index contributed by atoms with van der Waals surface area (Å²) in [5, 5.41) is 32.6. The van der Waals surface area contributed by atoms with Gasteiger partial charge in [-0.3, -0.25) is 14.5 Å². The van der Waals surface area contributed by atoms with Gasteiger partial charge in [0.2, 0.25) is 11.8 Å². The van der Waals surface area contributed by atoms with Gasteiger partial charge in [-0.2, -0.15) is 10.5 Å². The molecule has 15 rings (SSSR count). The van der Waals surface area contributed by atoms with Crippen LogP contribution in [0, 0.1) is 33.5 Å². The normalized spacial score (nSPS) is 23.5. The van der Waals surface area contributed by atoms with Gasteiger partial charge in [-0.1, -0.05) is 128 Å². The summed E-state index contributed by atoms with van der Waals surface area (Å²) in [7, 11) is 0. The maximum absolute atomic E-state index is 14.1. The number of carbonyl (C=O) groups excluding carboxylic acids is 2. The molecule has 0 radical (unpaired) electrons. The maximum atomic E-state index is 14.1. The van der Waals surface area contributed by atoms with Crippen molar-refractivity contribution in [2.75, 3.05) is 36.9 Å². The van der Waals surface area contributed by atoms with Crippen molar-refractivity contribution in [2.45, 2.75) is 101 Å². The van der Waals surface area contributed by atoms with Crippen LogP contribution in [0.2, 0.25) is 0 Å². The van der Waals surface area contributed by atoms with E-state index >= 15 is 0 Å². The van der Waals surface area contributed by atoms with Gasteiger partial charge in [0.15, 0.2) is 10.3 Å². The Bertz CT molecular complexity index is 3640. The molecule has 0 spiro atoms. The fourth-order valence-electron chi connectivity index (χ4n) is 13.9. The van der Waals surface area contributed by atoms with Crippen molar-refractivity contribution in [3.8, 4) is 23.6 Å². The standard InChI is InChI=1S/C36H36N4O2S.C32H29N3O2S/c1-35(23-36(24-37)30-11-5-3-9-28(30)32(35)29-10-4-6-12-31(29)36)33(41)39-34-38-26(22-43-34)21-25-13-15-27(16-14-25)42-20-19-40-17-7-2-8-18-40;1-20(2)37-23-14-12-21(13-15-23)16-22-17-38-30(34-22)35-29(36)31(3)18-32(19-33)26-10-6-4-8-24(26)28(31)25-9-5-7-11-27(25)32/h3-6,9-16,22,32H,2,7-8,17-21,23H2,1H3,(H,38,39,41);4-15,17,20,28H,16,18H2,1-3H3,(H,34,35,36). The van der Waals surface area contributed by atoms with E-state index in [1.54, 1.807) is 0 Å². The van der Waals surface area contributed by atoms with Crippen molar-refractivity contribution in [1.82, 2.24) is 14.9 Å². The topological polar surface area (TPSA) is 153 Å². The number of likely N-dealkylation sites (tertiary alicyclic amines) is 1. The van der Waals surface area contributed by atoms with E-state index in [1.807, 2.05) is 136 Å². The molecular weight excluding hydrogens is 1040 g/mol. The van der Waals surface area contributed by atoms with Crippen molar-refractivity contribution in [3.63, 3.8) is 0 Å². The van der Waals surface area contributed by atoms with Crippen molar-refractivity contribution in [3.05, 3.63) is 223 Å². The number of anilines is 2. The van der Waals surface area contributed by atoms with Gasteiger partial charge in [0.25, 0.3) is 0 Å². The van der Waals surface area contributed by atoms with E-state index < -0.39 is 21.7 Å². The Kier molecular flexibility index (Phi) is 14.5. The van der Waals surface area contributed by atoms with E-state index in [0.717, 1.165) is 85.1 Å². The molecule has 11 nitrogen and oxygen atoms in total. The highest BCUT2D eigenvalue weighted by atomic mass is 32.1. The number of carbonyl (C=O) groups is 2. The first-order valence-corrected chi connectivity index (χ1v) is 30.0. The van der Waals surface area contributed by atoms with Gasteiger partial charge in [0.05, 0.1) is 40.5 Å². The highest BCUT2D eigenvalue weighted by Crippen LogP contribution is 2.65. The third kappa shape index (κ3) is 9.79. The van der Waals surface area contributed by atoms with Crippen molar-refractivity contribution in [2.24, 2.45) is 10.8 Å². The zero-order chi connectivity index (χ0) is 55.9. The molecule has 2 N–H and O–H groups in total. The predicted octanol–water partition coefficient (Wildman–Crippen LogP) is 13.7. The molecule has 3 heterocycles. The number of nitrogens with zero attached hydrogens (tertiary/aromatic N) is 5. The summed E-state index contributed by atoms with van der Waals surface area (Å²) in [4.78, 5) is 40.0. The molecule has 1 saturated heterocycles. The molecule has 6 aromatic carbocycles. The van der Waals surface area contributed by atoms with E-state index in [1.165, 1.54) is 55.0 Å². The molecule has 0 saturated carbocycles. The lowest BCUT2D eigenvalue weighted by Crippen LogP contribution is -2.53. The molecule has 81 heavy (non-hydrogen) atoms. The zero-order valence-corrected chi connectivity index (χ0v) is 47.8. The molecule has 6 aliphatic carbocycles. The minimum absolute atomic E-state index is 0.0897. The third-order valence-corrected chi connectivity index (χ3v) is 19.2. The summed E-state index contributed by atoms with van der Waals surface area (Å²) < 4.78 is 11.7. The highest BCUT2D eigenvalue weighted by molar-refractivity contribution is 7.14. The van der Waals surface area contributed by atoms with E-state index in [-0.39, 0.29) is 29.8 Å². The SMILES string of the molecule is CC(C)Oc1ccc(Cc2csc(NC(=O)C3(C)CC4(C#N)c5ccccc5C3c3ccccc34)n2)cc1.CC1(C(=O)Nc2nc(Cc3ccc(OCCN4CCCCC4)cc3)cs2)CC2(C#N)c3ccccc3C1c1ccccc12. The number of hydrogen-bond donors (Lipinski definition) is 2. The number of benzene rings is 6. The van der Waals surface area contributed by atoms with Crippen LogP contribution in [0.3, 0.4) is 0 Å². The Morgan fingerprint density at radius 3 is 1.38 bits per heavy atom. The number of nitrogens with one attached hydrogen (secondary N) is 2.